The number of rotatable bonds is 7. The number of ether oxygens (including phenoxy) is 1. The van der Waals surface area contributed by atoms with Crippen LogP contribution in [0.4, 0.5) is 11.4 Å². The molecule has 6 nitrogen and oxygen atoms in total. The molecule has 0 aromatic heterocycles. The molecule has 1 aliphatic heterocycles. The Bertz CT molecular complexity index is 824. The van der Waals surface area contributed by atoms with Crippen LogP contribution in [0.2, 0.25) is 0 Å². The Labute approximate surface area is 161 Å². The second-order valence-corrected chi connectivity index (χ2v) is 7.10. The summed E-state index contributed by atoms with van der Waals surface area (Å²) in [6, 6.07) is 15.9. The monoisotopic (exact) mass is 384 g/mol. The third-order valence-corrected chi connectivity index (χ3v) is 5.18. The topological polar surface area (TPSA) is 75.7 Å². The van der Waals surface area contributed by atoms with Crippen LogP contribution in [0.25, 0.3) is 0 Å². The van der Waals surface area contributed by atoms with E-state index in [1.165, 1.54) is 16.7 Å². The van der Waals surface area contributed by atoms with Crippen LogP contribution < -0.4 is 15.0 Å². The van der Waals surface area contributed by atoms with Gasteiger partial charge in [-0.15, -0.1) is 11.8 Å². The molecule has 1 atom stereocenters. The molecule has 0 bridgehead atoms. The zero-order chi connectivity index (χ0) is 19.2. The molecule has 2 aromatic carbocycles. The van der Waals surface area contributed by atoms with Gasteiger partial charge in [-0.3, -0.25) is 14.4 Å². The molecule has 1 heterocycles. The lowest BCUT2D eigenvalue weighted by atomic mass is 10.3. The second-order valence-electron chi connectivity index (χ2n) is 5.91. The van der Waals surface area contributed by atoms with Crippen molar-refractivity contribution in [3.63, 3.8) is 0 Å². The SMILES string of the molecule is CCOc1ccc(N2C(=O)CC(SCC(=O)Nc3ccccc3)C2=O)cc1. The van der Waals surface area contributed by atoms with E-state index in [1.807, 2.05) is 25.1 Å². The number of nitrogens with zero attached hydrogens (tertiary/aromatic N) is 1. The van der Waals surface area contributed by atoms with Crippen molar-refractivity contribution in [2.75, 3.05) is 22.6 Å². The van der Waals surface area contributed by atoms with Crippen molar-refractivity contribution >= 4 is 40.9 Å². The first-order valence-electron chi connectivity index (χ1n) is 8.64. The van der Waals surface area contributed by atoms with Gasteiger partial charge in [-0.25, -0.2) is 4.90 Å². The highest BCUT2D eigenvalue weighted by Crippen LogP contribution is 2.30. The fourth-order valence-electron chi connectivity index (χ4n) is 2.76. The Kier molecular flexibility index (Phi) is 6.13. The minimum atomic E-state index is -0.550. The molecular formula is C20H20N2O4S. The van der Waals surface area contributed by atoms with Crippen molar-refractivity contribution in [2.24, 2.45) is 0 Å². The molecule has 1 unspecified atom stereocenters. The average Bonchev–Trinajstić information content (AvgIpc) is 2.95. The van der Waals surface area contributed by atoms with Crippen LogP contribution in [0.15, 0.2) is 54.6 Å². The van der Waals surface area contributed by atoms with Crippen molar-refractivity contribution in [1.29, 1.82) is 0 Å². The highest BCUT2D eigenvalue weighted by Gasteiger charge is 2.40. The average molecular weight is 384 g/mol. The van der Waals surface area contributed by atoms with Gasteiger partial charge in [-0.2, -0.15) is 0 Å². The Morgan fingerprint density at radius 1 is 1.15 bits per heavy atom. The minimum Gasteiger partial charge on any atom is -0.494 e. The van der Waals surface area contributed by atoms with E-state index >= 15 is 0 Å². The smallest absolute Gasteiger partial charge is 0.247 e. The highest BCUT2D eigenvalue weighted by atomic mass is 32.2. The van der Waals surface area contributed by atoms with Crippen LogP contribution in [0.3, 0.4) is 0 Å². The number of nitrogens with one attached hydrogen (secondary N) is 1. The van der Waals surface area contributed by atoms with E-state index in [2.05, 4.69) is 5.32 Å². The number of hydrogen-bond acceptors (Lipinski definition) is 5. The van der Waals surface area contributed by atoms with Crippen molar-refractivity contribution in [1.82, 2.24) is 0 Å². The molecule has 0 saturated carbocycles. The van der Waals surface area contributed by atoms with Crippen LogP contribution in [-0.4, -0.2) is 35.3 Å². The fraction of sp³-hybridized carbons (Fsp3) is 0.250. The van der Waals surface area contributed by atoms with Gasteiger partial charge in [0.05, 0.1) is 23.3 Å². The van der Waals surface area contributed by atoms with Crippen molar-refractivity contribution < 1.29 is 19.1 Å². The molecule has 3 amide bonds. The standard InChI is InChI=1S/C20H20N2O4S/c1-2-26-16-10-8-15(9-11-16)22-19(24)12-17(20(22)25)27-13-18(23)21-14-6-4-3-5-7-14/h3-11,17H,2,12-13H2,1H3,(H,21,23). The van der Waals surface area contributed by atoms with Gasteiger partial charge in [0, 0.05) is 12.1 Å². The molecule has 0 radical (unpaired) electrons. The summed E-state index contributed by atoms with van der Waals surface area (Å²) in [6.45, 7) is 2.43. The molecule has 1 aliphatic rings. The van der Waals surface area contributed by atoms with Crippen LogP contribution >= 0.6 is 11.8 Å². The lowest BCUT2D eigenvalue weighted by Crippen LogP contribution is -2.31. The molecule has 140 valence electrons. The number of anilines is 2. The van der Waals surface area contributed by atoms with E-state index in [9.17, 15) is 14.4 Å². The molecule has 0 spiro atoms. The third-order valence-electron chi connectivity index (χ3n) is 3.98. The molecular weight excluding hydrogens is 364 g/mol. The van der Waals surface area contributed by atoms with Gasteiger partial charge in [0.2, 0.25) is 17.7 Å². The van der Waals surface area contributed by atoms with Gasteiger partial charge in [0.15, 0.2) is 0 Å². The summed E-state index contributed by atoms with van der Waals surface area (Å²) in [5.41, 5.74) is 1.22. The summed E-state index contributed by atoms with van der Waals surface area (Å²) < 4.78 is 5.38. The number of imide groups is 1. The van der Waals surface area contributed by atoms with Gasteiger partial charge in [0.25, 0.3) is 0 Å². The van der Waals surface area contributed by atoms with Crippen LogP contribution in [0.5, 0.6) is 5.75 Å². The quantitative estimate of drug-likeness (QED) is 0.743. The Hall–Kier alpha value is -2.80. The van der Waals surface area contributed by atoms with Crippen molar-refractivity contribution in [3.05, 3.63) is 54.6 Å². The predicted octanol–water partition coefficient (Wildman–Crippen LogP) is 3.09. The molecule has 0 aliphatic carbocycles. The van der Waals surface area contributed by atoms with E-state index in [4.69, 9.17) is 4.74 Å². The van der Waals surface area contributed by atoms with Crippen molar-refractivity contribution in [2.45, 2.75) is 18.6 Å². The lowest BCUT2D eigenvalue weighted by Gasteiger charge is -2.15. The summed E-state index contributed by atoms with van der Waals surface area (Å²) in [6.07, 6.45) is 0.0926. The Morgan fingerprint density at radius 3 is 2.52 bits per heavy atom. The number of carbonyl (C=O) groups is 3. The number of para-hydroxylation sites is 1. The van der Waals surface area contributed by atoms with E-state index in [0.717, 1.165) is 0 Å². The van der Waals surface area contributed by atoms with E-state index in [-0.39, 0.29) is 29.9 Å². The lowest BCUT2D eigenvalue weighted by molar-refractivity contribution is -0.121. The molecule has 2 aromatic rings. The number of benzene rings is 2. The number of thioether (sulfide) groups is 1. The first-order valence-corrected chi connectivity index (χ1v) is 9.69. The van der Waals surface area contributed by atoms with E-state index in [0.29, 0.717) is 23.7 Å². The number of amides is 3. The summed E-state index contributed by atoms with van der Waals surface area (Å²) in [5.74, 6) is 0.0389. The molecule has 1 fully saturated rings. The normalized spacial score (nSPS) is 16.5. The molecule has 3 rings (SSSR count). The zero-order valence-corrected chi connectivity index (χ0v) is 15.7. The summed E-state index contributed by atoms with van der Waals surface area (Å²) in [5, 5.41) is 2.22. The Balaban J connectivity index is 1.58. The number of hydrogen-bond donors (Lipinski definition) is 1. The second kappa shape index (κ2) is 8.73. The fourth-order valence-corrected chi connectivity index (χ4v) is 3.69. The largest absolute Gasteiger partial charge is 0.494 e. The minimum absolute atomic E-state index is 0.0926. The maximum atomic E-state index is 12.6. The van der Waals surface area contributed by atoms with Crippen molar-refractivity contribution in [3.8, 4) is 5.75 Å². The highest BCUT2D eigenvalue weighted by molar-refractivity contribution is 8.01. The molecule has 1 N–H and O–H groups in total. The maximum absolute atomic E-state index is 12.6. The Morgan fingerprint density at radius 2 is 1.85 bits per heavy atom. The van der Waals surface area contributed by atoms with Gasteiger partial charge in [-0.05, 0) is 43.3 Å². The predicted molar refractivity (Wildman–Crippen MR) is 106 cm³/mol. The van der Waals surface area contributed by atoms with Crippen LogP contribution in [0, 0.1) is 0 Å². The van der Waals surface area contributed by atoms with Gasteiger partial charge >= 0.3 is 0 Å². The first kappa shape index (κ1) is 19.0. The molecule has 27 heavy (non-hydrogen) atoms. The van der Waals surface area contributed by atoms with E-state index in [1.54, 1.807) is 36.4 Å². The molecule has 7 heteroatoms. The first-order chi connectivity index (χ1) is 13.1. The maximum Gasteiger partial charge on any atom is 0.247 e. The zero-order valence-electron chi connectivity index (χ0n) is 14.9. The van der Waals surface area contributed by atoms with Crippen LogP contribution in [0.1, 0.15) is 13.3 Å². The molecule has 1 saturated heterocycles. The van der Waals surface area contributed by atoms with Gasteiger partial charge in [0.1, 0.15) is 5.75 Å². The summed E-state index contributed by atoms with van der Waals surface area (Å²) >= 11 is 1.18. The number of carbonyl (C=O) groups excluding carboxylic acids is 3. The summed E-state index contributed by atoms with van der Waals surface area (Å²) in [7, 11) is 0. The van der Waals surface area contributed by atoms with Crippen LogP contribution in [-0.2, 0) is 14.4 Å². The summed E-state index contributed by atoms with van der Waals surface area (Å²) in [4.78, 5) is 38.2. The van der Waals surface area contributed by atoms with Gasteiger partial charge < -0.3 is 10.1 Å². The third kappa shape index (κ3) is 4.68. The van der Waals surface area contributed by atoms with E-state index < -0.39 is 5.25 Å². The van der Waals surface area contributed by atoms with Gasteiger partial charge in [-0.1, -0.05) is 18.2 Å².